The van der Waals surface area contributed by atoms with Gasteiger partial charge in [-0.15, -0.1) is 11.3 Å². The molecular formula is C21H25N3OS2. The Balaban J connectivity index is 1.94. The first-order chi connectivity index (χ1) is 13.0. The Morgan fingerprint density at radius 2 is 2.07 bits per heavy atom. The van der Waals surface area contributed by atoms with Gasteiger partial charge < -0.3 is 4.90 Å². The van der Waals surface area contributed by atoms with Crippen LogP contribution in [0.4, 0.5) is 0 Å². The minimum atomic E-state index is 0.0976. The summed E-state index contributed by atoms with van der Waals surface area (Å²) in [6.45, 7) is 5.09. The molecule has 2 aromatic heterocycles. The maximum absolute atomic E-state index is 13.6. The number of thioether (sulfide) groups is 1. The minimum absolute atomic E-state index is 0.0976. The second-order valence-corrected chi connectivity index (χ2v) is 9.66. The van der Waals surface area contributed by atoms with Crippen LogP contribution in [0.2, 0.25) is 0 Å². The molecule has 1 aliphatic rings. The van der Waals surface area contributed by atoms with E-state index in [1.807, 2.05) is 4.57 Å². The Kier molecular flexibility index (Phi) is 5.14. The summed E-state index contributed by atoms with van der Waals surface area (Å²) in [6, 6.07) is 6.29. The lowest BCUT2D eigenvalue weighted by Gasteiger charge is -2.16. The topological polar surface area (TPSA) is 38.1 Å². The zero-order valence-electron chi connectivity index (χ0n) is 16.3. The van der Waals surface area contributed by atoms with Crippen LogP contribution in [0.15, 0.2) is 28.2 Å². The molecule has 3 aromatic rings. The molecule has 1 aromatic carbocycles. The molecule has 0 unspecified atom stereocenters. The predicted molar refractivity (Wildman–Crippen MR) is 116 cm³/mol. The lowest BCUT2D eigenvalue weighted by Crippen LogP contribution is -2.23. The first-order valence-electron chi connectivity index (χ1n) is 9.38. The molecule has 0 amide bonds. The highest BCUT2D eigenvalue weighted by Gasteiger charge is 2.24. The van der Waals surface area contributed by atoms with Crippen molar-refractivity contribution in [2.24, 2.45) is 0 Å². The minimum Gasteiger partial charge on any atom is -0.309 e. The van der Waals surface area contributed by atoms with Gasteiger partial charge in [-0.25, -0.2) is 4.98 Å². The van der Waals surface area contributed by atoms with E-state index in [0.29, 0.717) is 0 Å². The Bertz CT molecular complexity index is 1070. The monoisotopic (exact) mass is 399 g/mol. The number of hydrogen-bond acceptors (Lipinski definition) is 5. The summed E-state index contributed by atoms with van der Waals surface area (Å²) in [7, 11) is 4.14. The molecule has 0 radical (unpaired) electrons. The van der Waals surface area contributed by atoms with Crippen molar-refractivity contribution in [2.45, 2.75) is 38.3 Å². The third kappa shape index (κ3) is 3.46. The van der Waals surface area contributed by atoms with Crippen LogP contribution < -0.4 is 5.56 Å². The van der Waals surface area contributed by atoms with Gasteiger partial charge in [0.2, 0.25) is 0 Å². The molecule has 0 N–H and O–H groups in total. The van der Waals surface area contributed by atoms with Gasteiger partial charge in [0.1, 0.15) is 4.83 Å². The Morgan fingerprint density at radius 1 is 1.26 bits per heavy atom. The number of hydrogen-bond donors (Lipinski definition) is 0. The first kappa shape index (κ1) is 18.7. The van der Waals surface area contributed by atoms with Gasteiger partial charge in [0, 0.05) is 17.2 Å². The van der Waals surface area contributed by atoms with E-state index >= 15 is 0 Å². The van der Waals surface area contributed by atoms with Gasteiger partial charge in [0.25, 0.3) is 5.56 Å². The van der Waals surface area contributed by atoms with Gasteiger partial charge in [-0.2, -0.15) is 0 Å². The molecule has 0 aliphatic heterocycles. The van der Waals surface area contributed by atoms with Gasteiger partial charge in [-0.1, -0.05) is 23.9 Å². The van der Waals surface area contributed by atoms with E-state index in [4.69, 9.17) is 4.98 Å². The molecular weight excluding hydrogens is 374 g/mol. The van der Waals surface area contributed by atoms with Crippen LogP contribution in [0.25, 0.3) is 15.9 Å². The van der Waals surface area contributed by atoms with Crippen molar-refractivity contribution in [1.29, 1.82) is 0 Å². The summed E-state index contributed by atoms with van der Waals surface area (Å²) < 4.78 is 1.86. The third-order valence-corrected chi connectivity index (χ3v) is 7.19. The van der Waals surface area contributed by atoms with E-state index in [9.17, 15) is 4.79 Å². The second-order valence-electron chi connectivity index (χ2n) is 7.51. The van der Waals surface area contributed by atoms with Crippen LogP contribution in [0.1, 0.15) is 28.0 Å². The standard InChI is InChI=1S/C21H25N3OS2/c1-13-8-9-14(2)16(12-13)24-20(25)18-15-6-5-7-17(15)27-19(18)22-21(24)26-11-10-23(3)4/h8-9,12H,5-7,10-11H2,1-4H3. The van der Waals surface area contributed by atoms with Crippen molar-refractivity contribution in [1.82, 2.24) is 14.5 Å². The molecule has 4 nitrogen and oxygen atoms in total. The molecule has 2 heterocycles. The van der Waals surface area contributed by atoms with Gasteiger partial charge in [0.15, 0.2) is 5.16 Å². The molecule has 0 atom stereocenters. The van der Waals surface area contributed by atoms with Gasteiger partial charge in [0.05, 0.1) is 11.1 Å². The molecule has 6 heteroatoms. The second kappa shape index (κ2) is 7.41. The van der Waals surface area contributed by atoms with Crippen LogP contribution in [0.5, 0.6) is 0 Å². The summed E-state index contributed by atoms with van der Waals surface area (Å²) in [4.78, 5) is 23.0. The zero-order chi connectivity index (χ0) is 19.1. The lowest BCUT2D eigenvalue weighted by atomic mass is 10.1. The number of fused-ring (bicyclic) bond motifs is 3. The third-order valence-electron chi connectivity index (χ3n) is 5.08. The maximum Gasteiger partial charge on any atom is 0.267 e. The molecule has 4 rings (SSSR count). The quantitative estimate of drug-likeness (QED) is 0.476. The van der Waals surface area contributed by atoms with E-state index in [0.717, 1.165) is 63.7 Å². The molecule has 0 bridgehead atoms. The molecule has 0 spiro atoms. The van der Waals surface area contributed by atoms with Crippen molar-refractivity contribution >= 4 is 33.3 Å². The Labute approximate surface area is 168 Å². The number of benzene rings is 1. The van der Waals surface area contributed by atoms with Gasteiger partial charge in [-0.05, 0) is 70.0 Å². The molecule has 1 aliphatic carbocycles. The lowest BCUT2D eigenvalue weighted by molar-refractivity contribution is 0.437. The van der Waals surface area contributed by atoms with Gasteiger partial charge >= 0.3 is 0 Å². The number of aryl methyl sites for hydroxylation is 4. The summed E-state index contributed by atoms with van der Waals surface area (Å²) >= 11 is 3.39. The summed E-state index contributed by atoms with van der Waals surface area (Å²) in [6.07, 6.45) is 3.24. The van der Waals surface area contributed by atoms with Crippen LogP contribution >= 0.6 is 23.1 Å². The van der Waals surface area contributed by atoms with Gasteiger partial charge in [-0.3, -0.25) is 9.36 Å². The Hall–Kier alpha value is -1.63. The van der Waals surface area contributed by atoms with Crippen LogP contribution in [0.3, 0.4) is 0 Å². The van der Waals surface area contributed by atoms with E-state index < -0.39 is 0 Å². The molecule has 27 heavy (non-hydrogen) atoms. The smallest absolute Gasteiger partial charge is 0.267 e. The number of aromatic nitrogens is 2. The fourth-order valence-electron chi connectivity index (χ4n) is 3.61. The largest absolute Gasteiger partial charge is 0.309 e. The van der Waals surface area contributed by atoms with Crippen LogP contribution in [-0.4, -0.2) is 40.8 Å². The molecule has 0 saturated heterocycles. The van der Waals surface area contributed by atoms with E-state index in [1.165, 1.54) is 10.4 Å². The van der Waals surface area contributed by atoms with E-state index in [1.54, 1.807) is 23.1 Å². The van der Waals surface area contributed by atoms with Crippen molar-refractivity contribution in [3.8, 4) is 5.69 Å². The summed E-state index contributed by atoms with van der Waals surface area (Å²) in [5.74, 6) is 0.904. The Morgan fingerprint density at radius 3 is 2.85 bits per heavy atom. The fourth-order valence-corrected chi connectivity index (χ4v) is 6.03. The highest BCUT2D eigenvalue weighted by molar-refractivity contribution is 7.99. The van der Waals surface area contributed by atoms with Crippen molar-refractivity contribution in [3.05, 3.63) is 50.1 Å². The fraction of sp³-hybridized carbons (Fsp3) is 0.429. The SMILES string of the molecule is Cc1ccc(C)c(-n2c(SCCN(C)C)nc3sc4c(c3c2=O)CCC4)c1. The van der Waals surface area contributed by atoms with Crippen molar-refractivity contribution in [2.75, 3.05) is 26.4 Å². The van der Waals surface area contributed by atoms with Crippen molar-refractivity contribution < 1.29 is 0 Å². The van der Waals surface area contributed by atoms with Crippen molar-refractivity contribution in [3.63, 3.8) is 0 Å². The maximum atomic E-state index is 13.6. The normalized spacial score (nSPS) is 13.7. The molecule has 0 saturated carbocycles. The molecule has 142 valence electrons. The van der Waals surface area contributed by atoms with E-state index in [-0.39, 0.29) is 5.56 Å². The number of thiophene rings is 1. The number of nitrogens with zero attached hydrogens (tertiary/aromatic N) is 3. The highest BCUT2D eigenvalue weighted by atomic mass is 32.2. The number of rotatable bonds is 5. The summed E-state index contributed by atoms with van der Waals surface area (Å²) in [5, 5.41) is 1.66. The molecule has 0 fully saturated rings. The van der Waals surface area contributed by atoms with Crippen LogP contribution in [0, 0.1) is 13.8 Å². The summed E-state index contributed by atoms with van der Waals surface area (Å²) in [5.41, 5.74) is 4.56. The average Bonchev–Trinajstić information content (AvgIpc) is 3.18. The highest BCUT2D eigenvalue weighted by Crippen LogP contribution is 2.36. The van der Waals surface area contributed by atoms with E-state index in [2.05, 4.69) is 51.0 Å². The zero-order valence-corrected chi connectivity index (χ0v) is 18.0. The first-order valence-corrected chi connectivity index (χ1v) is 11.2. The predicted octanol–water partition coefficient (Wildman–Crippen LogP) is 4.21. The average molecular weight is 400 g/mol. The van der Waals surface area contributed by atoms with Crippen LogP contribution in [-0.2, 0) is 12.8 Å².